The lowest BCUT2D eigenvalue weighted by molar-refractivity contribution is 0.116. The van der Waals surface area contributed by atoms with Crippen LogP contribution in [-0.4, -0.2) is 54.3 Å². The number of nitrogens with two attached hydrogens (primary N) is 1. The van der Waals surface area contributed by atoms with Crippen molar-refractivity contribution in [3.63, 3.8) is 0 Å². The first kappa shape index (κ1) is 14.3. The Morgan fingerprint density at radius 3 is 2.76 bits per heavy atom. The van der Waals surface area contributed by atoms with E-state index >= 15 is 0 Å². The van der Waals surface area contributed by atoms with Crippen LogP contribution in [-0.2, 0) is 4.74 Å². The molecular formula is C13H23N7O. The molecule has 116 valence electrons. The summed E-state index contributed by atoms with van der Waals surface area (Å²) >= 11 is 0. The molecule has 0 saturated carbocycles. The Balaban J connectivity index is 1.77. The van der Waals surface area contributed by atoms with E-state index in [2.05, 4.69) is 25.3 Å². The van der Waals surface area contributed by atoms with E-state index in [1.165, 1.54) is 12.8 Å². The molecule has 1 aromatic heterocycles. The third-order valence-electron chi connectivity index (χ3n) is 3.97. The monoisotopic (exact) mass is 293 g/mol. The first-order valence-corrected chi connectivity index (χ1v) is 7.56. The molecule has 2 fully saturated rings. The molecule has 2 aliphatic heterocycles. The zero-order valence-corrected chi connectivity index (χ0v) is 12.5. The summed E-state index contributed by atoms with van der Waals surface area (Å²) < 4.78 is 5.67. The van der Waals surface area contributed by atoms with E-state index in [1.54, 1.807) is 0 Å². The molecule has 0 bridgehead atoms. The molecule has 3 N–H and O–H groups in total. The van der Waals surface area contributed by atoms with Crippen LogP contribution in [0.1, 0.15) is 25.7 Å². The highest BCUT2D eigenvalue weighted by molar-refractivity contribution is 5.45. The Morgan fingerprint density at radius 2 is 2.10 bits per heavy atom. The summed E-state index contributed by atoms with van der Waals surface area (Å²) in [7, 11) is 1.98. The molecular weight excluding hydrogens is 270 g/mol. The Morgan fingerprint density at radius 1 is 1.29 bits per heavy atom. The highest BCUT2D eigenvalue weighted by Gasteiger charge is 2.21. The van der Waals surface area contributed by atoms with Crippen LogP contribution < -0.4 is 21.1 Å². The van der Waals surface area contributed by atoms with Crippen LogP contribution in [0.3, 0.4) is 0 Å². The number of hydrogen-bond acceptors (Lipinski definition) is 8. The lowest BCUT2D eigenvalue weighted by Gasteiger charge is -2.23. The van der Waals surface area contributed by atoms with E-state index in [9.17, 15) is 0 Å². The number of rotatable bonds is 5. The number of likely N-dealkylation sites (N-methyl/N-ethyl adjacent to an activating group) is 1. The quantitative estimate of drug-likeness (QED) is 0.594. The summed E-state index contributed by atoms with van der Waals surface area (Å²) in [6.45, 7) is 3.61. The van der Waals surface area contributed by atoms with Crippen LogP contribution in [0.4, 0.5) is 17.8 Å². The SMILES string of the molecule is CN(CC1CCCO1)c1nc(NN)nc(N2CCCC2)n1. The van der Waals surface area contributed by atoms with Crippen LogP contribution in [0, 0.1) is 0 Å². The van der Waals surface area contributed by atoms with Crippen molar-refractivity contribution in [2.75, 3.05) is 48.5 Å². The summed E-state index contributed by atoms with van der Waals surface area (Å²) in [5.74, 6) is 7.22. The number of hydrazine groups is 1. The zero-order chi connectivity index (χ0) is 14.7. The summed E-state index contributed by atoms with van der Waals surface area (Å²) in [6.07, 6.45) is 4.84. The molecule has 0 aliphatic carbocycles. The lowest BCUT2D eigenvalue weighted by atomic mass is 10.2. The highest BCUT2D eigenvalue weighted by atomic mass is 16.5. The second-order valence-electron chi connectivity index (χ2n) is 5.61. The average Bonchev–Trinajstić information content (AvgIpc) is 3.20. The second kappa shape index (κ2) is 6.40. The third kappa shape index (κ3) is 3.33. The molecule has 1 atom stereocenters. The topological polar surface area (TPSA) is 92.4 Å². The number of hydrogen-bond donors (Lipinski definition) is 2. The van der Waals surface area contributed by atoms with Crippen molar-refractivity contribution in [1.29, 1.82) is 0 Å². The van der Waals surface area contributed by atoms with Crippen molar-refractivity contribution in [1.82, 2.24) is 15.0 Å². The Bertz CT molecular complexity index is 472. The van der Waals surface area contributed by atoms with Gasteiger partial charge in [-0.3, -0.25) is 5.43 Å². The zero-order valence-electron chi connectivity index (χ0n) is 12.5. The maximum Gasteiger partial charge on any atom is 0.243 e. The van der Waals surface area contributed by atoms with Crippen molar-refractivity contribution in [2.45, 2.75) is 31.8 Å². The Kier molecular flexibility index (Phi) is 4.35. The fourth-order valence-corrected chi connectivity index (χ4v) is 2.82. The molecule has 8 nitrogen and oxygen atoms in total. The van der Waals surface area contributed by atoms with Gasteiger partial charge in [-0.15, -0.1) is 0 Å². The molecule has 2 saturated heterocycles. The summed E-state index contributed by atoms with van der Waals surface area (Å²) in [5.41, 5.74) is 2.53. The lowest BCUT2D eigenvalue weighted by Crippen LogP contribution is -2.31. The van der Waals surface area contributed by atoms with E-state index in [-0.39, 0.29) is 6.10 Å². The maximum absolute atomic E-state index is 5.67. The second-order valence-corrected chi connectivity index (χ2v) is 5.61. The molecule has 1 aromatic rings. The van der Waals surface area contributed by atoms with Gasteiger partial charge in [-0.2, -0.15) is 15.0 Å². The highest BCUT2D eigenvalue weighted by Crippen LogP contribution is 2.21. The van der Waals surface area contributed by atoms with Gasteiger partial charge in [0, 0.05) is 33.3 Å². The number of nitrogens with zero attached hydrogens (tertiary/aromatic N) is 5. The van der Waals surface area contributed by atoms with Gasteiger partial charge in [0.05, 0.1) is 6.10 Å². The van der Waals surface area contributed by atoms with E-state index in [0.717, 1.165) is 39.1 Å². The number of nitrogens with one attached hydrogen (secondary N) is 1. The average molecular weight is 293 g/mol. The predicted octanol–water partition coefficient (Wildman–Crippen LogP) is 0.373. The number of aromatic nitrogens is 3. The van der Waals surface area contributed by atoms with Crippen LogP contribution in [0.5, 0.6) is 0 Å². The number of nitrogen functional groups attached to an aromatic ring is 1. The van der Waals surface area contributed by atoms with Crippen molar-refractivity contribution in [3.8, 4) is 0 Å². The van der Waals surface area contributed by atoms with Gasteiger partial charge in [-0.1, -0.05) is 0 Å². The Labute approximate surface area is 124 Å². The first-order chi connectivity index (χ1) is 10.3. The molecule has 3 heterocycles. The van der Waals surface area contributed by atoms with Crippen LogP contribution in [0.15, 0.2) is 0 Å². The minimum absolute atomic E-state index is 0.260. The third-order valence-corrected chi connectivity index (χ3v) is 3.97. The van der Waals surface area contributed by atoms with E-state index in [4.69, 9.17) is 10.6 Å². The number of ether oxygens (including phenoxy) is 1. The minimum Gasteiger partial charge on any atom is -0.376 e. The number of anilines is 3. The standard InChI is InChI=1S/C13H23N7O/c1-19(9-10-5-4-8-21-10)12-15-11(18-14)16-13(17-12)20-6-2-3-7-20/h10H,2-9,14H2,1H3,(H,15,16,17,18). The van der Waals surface area contributed by atoms with Gasteiger partial charge in [0.1, 0.15) is 0 Å². The molecule has 0 aromatic carbocycles. The fourth-order valence-electron chi connectivity index (χ4n) is 2.82. The fraction of sp³-hybridized carbons (Fsp3) is 0.769. The molecule has 0 amide bonds. The Hall–Kier alpha value is -1.67. The van der Waals surface area contributed by atoms with Crippen LogP contribution >= 0.6 is 0 Å². The summed E-state index contributed by atoms with van der Waals surface area (Å²) in [5, 5.41) is 0. The van der Waals surface area contributed by atoms with Gasteiger partial charge < -0.3 is 14.5 Å². The van der Waals surface area contributed by atoms with Crippen molar-refractivity contribution >= 4 is 17.8 Å². The molecule has 3 rings (SSSR count). The molecule has 21 heavy (non-hydrogen) atoms. The summed E-state index contributed by atoms with van der Waals surface area (Å²) in [6, 6.07) is 0. The van der Waals surface area contributed by atoms with Crippen molar-refractivity contribution in [2.24, 2.45) is 5.84 Å². The van der Waals surface area contributed by atoms with Crippen LogP contribution in [0.25, 0.3) is 0 Å². The van der Waals surface area contributed by atoms with Gasteiger partial charge in [0.2, 0.25) is 17.8 Å². The minimum atomic E-state index is 0.260. The smallest absolute Gasteiger partial charge is 0.243 e. The van der Waals surface area contributed by atoms with Crippen LogP contribution in [0.2, 0.25) is 0 Å². The predicted molar refractivity (Wildman–Crippen MR) is 81.3 cm³/mol. The van der Waals surface area contributed by atoms with E-state index in [0.29, 0.717) is 17.8 Å². The van der Waals surface area contributed by atoms with Crippen molar-refractivity contribution < 1.29 is 4.74 Å². The van der Waals surface area contributed by atoms with E-state index < -0.39 is 0 Å². The molecule has 8 heteroatoms. The van der Waals surface area contributed by atoms with Crippen molar-refractivity contribution in [3.05, 3.63) is 0 Å². The van der Waals surface area contributed by atoms with Gasteiger partial charge in [-0.05, 0) is 25.7 Å². The largest absolute Gasteiger partial charge is 0.376 e. The van der Waals surface area contributed by atoms with E-state index in [1.807, 2.05) is 11.9 Å². The van der Waals surface area contributed by atoms with Gasteiger partial charge >= 0.3 is 0 Å². The summed E-state index contributed by atoms with van der Waals surface area (Å²) in [4.78, 5) is 17.5. The molecule has 2 aliphatic rings. The van der Waals surface area contributed by atoms with Gasteiger partial charge in [0.25, 0.3) is 0 Å². The van der Waals surface area contributed by atoms with Gasteiger partial charge in [-0.25, -0.2) is 5.84 Å². The molecule has 0 radical (unpaired) electrons. The normalized spacial score (nSPS) is 21.8. The molecule has 0 spiro atoms. The van der Waals surface area contributed by atoms with Gasteiger partial charge in [0.15, 0.2) is 0 Å². The first-order valence-electron chi connectivity index (χ1n) is 7.56. The maximum atomic E-state index is 5.67. The molecule has 1 unspecified atom stereocenters.